The van der Waals surface area contributed by atoms with Gasteiger partial charge in [-0.1, -0.05) is 0 Å². The van der Waals surface area contributed by atoms with E-state index >= 15 is 0 Å². The van der Waals surface area contributed by atoms with Crippen molar-refractivity contribution in [2.75, 3.05) is 33.2 Å². The quantitative estimate of drug-likeness (QED) is 0.755. The smallest absolute Gasteiger partial charge is 0.0359 e. The molecule has 3 nitrogen and oxygen atoms in total. The first-order valence-corrected chi connectivity index (χ1v) is 6.89. The molecule has 0 amide bonds. The second kappa shape index (κ2) is 3.97. The van der Waals surface area contributed by atoms with E-state index in [1.807, 2.05) is 0 Å². The molecule has 0 spiro atoms. The van der Waals surface area contributed by atoms with Crippen LogP contribution in [0.1, 0.15) is 32.1 Å². The Labute approximate surface area is 99.0 Å². The SMILES string of the molecule is CN1CCC(CN)(N2CC3CCC2C3)CC1. The lowest BCUT2D eigenvalue weighted by molar-refractivity contribution is 0.0116. The zero-order valence-corrected chi connectivity index (χ0v) is 10.5. The van der Waals surface area contributed by atoms with Gasteiger partial charge in [0, 0.05) is 24.7 Å². The highest BCUT2D eigenvalue weighted by molar-refractivity contribution is 5.04. The normalized spacial score (nSPS) is 39.4. The van der Waals surface area contributed by atoms with Gasteiger partial charge in [0.25, 0.3) is 0 Å². The first-order valence-electron chi connectivity index (χ1n) is 6.89. The molecular weight excluding hydrogens is 198 g/mol. The lowest BCUT2D eigenvalue weighted by atomic mass is 9.84. The van der Waals surface area contributed by atoms with E-state index < -0.39 is 0 Å². The minimum atomic E-state index is 0.354. The van der Waals surface area contributed by atoms with E-state index in [1.165, 1.54) is 51.7 Å². The zero-order chi connectivity index (χ0) is 11.2. The Morgan fingerprint density at radius 1 is 1.25 bits per heavy atom. The summed E-state index contributed by atoms with van der Waals surface area (Å²) in [6.07, 6.45) is 6.92. The van der Waals surface area contributed by atoms with E-state index in [2.05, 4.69) is 16.8 Å². The molecule has 3 fully saturated rings. The average Bonchev–Trinajstić information content (AvgIpc) is 2.93. The van der Waals surface area contributed by atoms with Gasteiger partial charge in [0.05, 0.1) is 0 Å². The molecule has 2 saturated heterocycles. The van der Waals surface area contributed by atoms with Gasteiger partial charge < -0.3 is 10.6 Å². The van der Waals surface area contributed by atoms with Gasteiger partial charge in [0.1, 0.15) is 0 Å². The molecule has 3 heteroatoms. The Bertz CT molecular complexity index is 258. The molecule has 0 aromatic heterocycles. The number of piperidine rings is 2. The number of nitrogens with zero attached hydrogens (tertiary/aromatic N) is 2. The fourth-order valence-electron chi connectivity index (χ4n) is 4.15. The summed E-state index contributed by atoms with van der Waals surface area (Å²) in [6.45, 7) is 4.66. The first-order chi connectivity index (χ1) is 7.73. The molecule has 2 unspecified atom stereocenters. The van der Waals surface area contributed by atoms with Crippen LogP contribution in [0.3, 0.4) is 0 Å². The molecule has 92 valence electrons. The summed E-state index contributed by atoms with van der Waals surface area (Å²) in [6, 6.07) is 0.872. The maximum absolute atomic E-state index is 6.14. The van der Waals surface area contributed by atoms with Gasteiger partial charge in [0.15, 0.2) is 0 Å². The van der Waals surface area contributed by atoms with Crippen LogP contribution in [-0.2, 0) is 0 Å². The van der Waals surface area contributed by atoms with Crippen LogP contribution >= 0.6 is 0 Å². The summed E-state index contributed by atoms with van der Waals surface area (Å²) in [4.78, 5) is 5.25. The second-order valence-electron chi connectivity index (χ2n) is 6.22. The number of nitrogens with two attached hydrogens (primary N) is 1. The molecule has 0 aromatic carbocycles. The molecule has 2 bridgehead atoms. The Morgan fingerprint density at radius 3 is 2.50 bits per heavy atom. The van der Waals surface area contributed by atoms with E-state index in [-0.39, 0.29) is 0 Å². The lowest BCUT2D eigenvalue weighted by Gasteiger charge is -2.49. The highest BCUT2D eigenvalue weighted by atomic mass is 15.3. The predicted molar refractivity (Wildman–Crippen MR) is 66.4 cm³/mol. The van der Waals surface area contributed by atoms with E-state index in [0.717, 1.165) is 18.5 Å². The van der Waals surface area contributed by atoms with Crippen molar-refractivity contribution in [3.63, 3.8) is 0 Å². The number of likely N-dealkylation sites (tertiary alicyclic amines) is 2. The standard InChI is InChI=1S/C13H25N3/c1-15-6-4-13(10-14,5-7-15)16-9-11-2-3-12(16)8-11/h11-12H,2-10,14H2,1H3. The van der Waals surface area contributed by atoms with E-state index in [0.29, 0.717) is 5.54 Å². The average molecular weight is 223 g/mol. The summed E-state index contributed by atoms with van der Waals surface area (Å²) in [5, 5.41) is 0. The molecule has 2 atom stereocenters. The summed E-state index contributed by atoms with van der Waals surface area (Å²) in [7, 11) is 2.23. The van der Waals surface area contributed by atoms with Gasteiger partial charge in [-0.25, -0.2) is 0 Å². The number of hydrogen-bond donors (Lipinski definition) is 1. The van der Waals surface area contributed by atoms with Crippen molar-refractivity contribution in [3.8, 4) is 0 Å². The zero-order valence-electron chi connectivity index (χ0n) is 10.5. The van der Waals surface area contributed by atoms with Crippen molar-refractivity contribution in [2.24, 2.45) is 11.7 Å². The minimum absolute atomic E-state index is 0.354. The van der Waals surface area contributed by atoms with E-state index in [9.17, 15) is 0 Å². The Kier molecular flexibility index (Phi) is 2.73. The first kappa shape index (κ1) is 11.0. The Morgan fingerprint density at radius 2 is 2.00 bits per heavy atom. The van der Waals surface area contributed by atoms with Gasteiger partial charge in [-0.15, -0.1) is 0 Å². The summed E-state index contributed by atoms with van der Waals surface area (Å²) >= 11 is 0. The van der Waals surface area contributed by atoms with Gasteiger partial charge in [0.2, 0.25) is 0 Å². The van der Waals surface area contributed by atoms with Crippen LogP contribution in [0.5, 0.6) is 0 Å². The van der Waals surface area contributed by atoms with Crippen molar-refractivity contribution < 1.29 is 0 Å². The second-order valence-corrected chi connectivity index (χ2v) is 6.22. The largest absolute Gasteiger partial charge is 0.329 e. The van der Waals surface area contributed by atoms with Crippen molar-refractivity contribution in [1.82, 2.24) is 9.80 Å². The van der Waals surface area contributed by atoms with Gasteiger partial charge >= 0.3 is 0 Å². The fourth-order valence-corrected chi connectivity index (χ4v) is 4.15. The molecule has 2 heterocycles. The molecule has 0 aromatic rings. The molecule has 2 aliphatic heterocycles. The summed E-state index contributed by atoms with van der Waals surface area (Å²) in [5.74, 6) is 0.994. The van der Waals surface area contributed by atoms with E-state index in [1.54, 1.807) is 0 Å². The third kappa shape index (κ3) is 1.60. The van der Waals surface area contributed by atoms with E-state index in [4.69, 9.17) is 5.73 Å². The van der Waals surface area contributed by atoms with Crippen LogP contribution in [0, 0.1) is 5.92 Å². The molecule has 1 saturated carbocycles. The van der Waals surface area contributed by atoms with Crippen LogP contribution in [0.25, 0.3) is 0 Å². The molecule has 3 rings (SSSR count). The number of hydrogen-bond acceptors (Lipinski definition) is 3. The van der Waals surface area contributed by atoms with Gasteiger partial charge in [-0.3, -0.25) is 4.90 Å². The van der Waals surface area contributed by atoms with Crippen LogP contribution < -0.4 is 5.73 Å². The molecule has 16 heavy (non-hydrogen) atoms. The molecule has 0 radical (unpaired) electrons. The van der Waals surface area contributed by atoms with Crippen LogP contribution in [0.15, 0.2) is 0 Å². The third-order valence-corrected chi connectivity index (χ3v) is 5.32. The summed E-state index contributed by atoms with van der Waals surface area (Å²) < 4.78 is 0. The highest BCUT2D eigenvalue weighted by Crippen LogP contribution is 2.43. The topological polar surface area (TPSA) is 32.5 Å². The summed E-state index contributed by atoms with van der Waals surface area (Å²) in [5.41, 5.74) is 6.49. The predicted octanol–water partition coefficient (Wildman–Crippen LogP) is 0.894. The maximum Gasteiger partial charge on any atom is 0.0359 e. The van der Waals surface area contributed by atoms with Crippen molar-refractivity contribution >= 4 is 0 Å². The van der Waals surface area contributed by atoms with Crippen molar-refractivity contribution in [1.29, 1.82) is 0 Å². The van der Waals surface area contributed by atoms with Gasteiger partial charge in [-0.2, -0.15) is 0 Å². The van der Waals surface area contributed by atoms with Crippen molar-refractivity contribution in [3.05, 3.63) is 0 Å². The van der Waals surface area contributed by atoms with Crippen LogP contribution in [0.2, 0.25) is 0 Å². The molecule has 1 aliphatic carbocycles. The molecular formula is C13H25N3. The number of fused-ring (bicyclic) bond motifs is 2. The molecule has 3 aliphatic rings. The maximum atomic E-state index is 6.14. The number of rotatable bonds is 2. The van der Waals surface area contributed by atoms with Crippen molar-refractivity contribution in [2.45, 2.75) is 43.7 Å². The van der Waals surface area contributed by atoms with Gasteiger partial charge in [-0.05, 0) is 58.2 Å². The minimum Gasteiger partial charge on any atom is -0.329 e. The lowest BCUT2D eigenvalue weighted by Crippen LogP contribution is -2.60. The Hall–Kier alpha value is -0.120. The molecule has 2 N–H and O–H groups in total. The Balaban J connectivity index is 1.75. The third-order valence-electron chi connectivity index (χ3n) is 5.32. The van der Waals surface area contributed by atoms with Crippen LogP contribution in [0.4, 0.5) is 0 Å². The fraction of sp³-hybridized carbons (Fsp3) is 1.00. The van der Waals surface area contributed by atoms with Crippen LogP contribution in [-0.4, -0.2) is 54.6 Å². The monoisotopic (exact) mass is 223 g/mol. The highest BCUT2D eigenvalue weighted by Gasteiger charge is 2.48.